The summed E-state index contributed by atoms with van der Waals surface area (Å²) in [5.41, 5.74) is 19.1. The van der Waals surface area contributed by atoms with E-state index >= 15 is 0 Å². The number of carbonyl (C=O) groups excluding carboxylic acids is 10. The average molecular weight is 992 g/mol. The van der Waals surface area contributed by atoms with E-state index in [9.17, 15) is 63.3 Å². The van der Waals surface area contributed by atoms with Crippen LogP contribution in [0.25, 0.3) is 0 Å². The Morgan fingerprint density at radius 2 is 1.04 bits per heavy atom. The molecule has 1 aliphatic rings. The Labute approximate surface area is 406 Å². The lowest BCUT2D eigenvalue weighted by atomic mass is 9.99. The molecule has 1 heterocycles. The predicted octanol–water partition coefficient (Wildman–Crippen LogP) is -7.03. The summed E-state index contributed by atoms with van der Waals surface area (Å²) in [7, 11) is 0. The van der Waals surface area contributed by atoms with E-state index in [0.717, 1.165) is 13.8 Å². The van der Waals surface area contributed by atoms with Crippen molar-refractivity contribution in [3.63, 3.8) is 0 Å². The third-order valence-corrected chi connectivity index (χ3v) is 11.0. The van der Waals surface area contributed by atoms with E-state index < -0.39 is 156 Å². The first-order valence-electron chi connectivity index (χ1n) is 22.9. The zero-order chi connectivity index (χ0) is 53.3. The van der Waals surface area contributed by atoms with Crippen LogP contribution in [0.2, 0.25) is 0 Å². The summed E-state index contributed by atoms with van der Waals surface area (Å²) < 4.78 is 0. The highest BCUT2D eigenvalue weighted by atomic mass is 16.3. The van der Waals surface area contributed by atoms with Gasteiger partial charge < -0.3 is 85.7 Å². The Bertz CT molecular complexity index is 2000. The van der Waals surface area contributed by atoms with Gasteiger partial charge in [0.1, 0.15) is 54.4 Å². The van der Waals surface area contributed by atoms with Crippen LogP contribution in [0.1, 0.15) is 74.3 Å². The Morgan fingerprint density at radius 3 is 1.50 bits per heavy atom. The van der Waals surface area contributed by atoms with Gasteiger partial charge in [0.15, 0.2) is 0 Å². The van der Waals surface area contributed by atoms with Gasteiger partial charge in [0.2, 0.25) is 59.1 Å². The first-order valence-corrected chi connectivity index (χ1v) is 22.9. The first-order chi connectivity index (χ1) is 32.6. The molecule has 26 nitrogen and oxygen atoms in total. The molecule has 4 unspecified atom stereocenters. The molecule has 0 radical (unpaired) electrons. The number of rotatable bonds is 15. The number of carbonyl (C=O) groups is 10. The highest BCUT2D eigenvalue weighted by molar-refractivity contribution is 5.99. The van der Waals surface area contributed by atoms with Crippen LogP contribution in [0.15, 0.2) is 30.3 Å². The van der Waals surface area contributed by atoms with Gasteiger partial charge >= 0.3 is 0 Å². The Kier molecular flexibility index (Phi) is 23.7. The number of aliphatic hydroxyl groups is 3. The van der Waals surface area contributed by atoms with E-state index in [1.54, 1.807) is 44.2 Å². The quantitative estimate of drug-likeness (QED) is 0.0776. The summed E-state index contributed by atoms with van der Waals surface area (Å²) in [6, 6.07) is -11.5. The van der Waals surface area contributed by atoms with Gasteiger partial charge in [-0.25, -0.2) is 0 Å². The fourth-order valence-electron chi connectivity index (χ4n) is 7.14. The van der Waals surface area contributed by atoms with Gasteiger partial charge in [0.05, 0.1) is 24.9 Å². The number of benzene rings is 1. The Hall–Kier alpha value is -6.32. The molecular formula is C44H73N13O13. The average Bonchev–Trinajstić information content (AvgIpc) is 3.26. The number of hydrogen-bond donors (Lipinski definition) is 16. The molecule has 0 spiro atoms. The molecule has 1 fully saturated rings. The maximum absolute atomic E-state index is 14.4. The molecule has 19 N–H and O–H groups in total. The van der Waals surface area contributed by atoms with Crippen molar-refractivity contribution in [2.75, 3.05) is 6.61 Å². The molecule has 70 heavy (non-hydrogen) atoms. The number of nitrogens with two attached hydrogens (primary N) is 3. The van der Waals surface area contributed by atoms with Crippen LogP contribution in [0.3, 0.4) is 0 Å². The molecule has 2 rings (SSSR count). The summed E-state index contributed by atoms with van der Waals surface area (Å²) in [4.78, 5) is 137. The minimum absolute atomic E-state index is 0.0194. The summed E-state index contributed by atoms with van der Waals surface area (Å²) in [5.74, 6) is -10.5. The van der Waals surface area contributed by atoms with E-state index in [0.29, 0.717) is 5.56 Å². The third-order valence-electron chi connectivity index (χ3n) is 11.0. The maximum Gasteiger partial charge on any atom is 0.245 e. The number of aliphatic hydroxyl groups excluding tert-OH is 3. The molecule has 0 aromatic heterocycles. The van der Waals surface area contributed by atoms with Crippen LogP contribution in [-0.4, -0.2) is 172 Å². The summed E-state index contributed by atoms with van der Waals surface area (Å²) in [5, 5.41) is 55.1. The molecule has 1 aromatic rings. The lowest BCUT2D eigenvalue weighted by molar-refractivity contribution is -0.138. The summed E-state index contributed by atoms with van der Waals surface area (Å²) >= 11 is 0. The van der Waals surface area contributed by atoms with Crippen LogP contribution in [0, 0.1) is 5.92 Å². The summed E-state index contributed by atoms with van der Waals surface area (Å²) in [6.45, 7) is 11.1. The summed E-state index contributed by atoms with van der Waals surface area (Å²) in [6.07, 6.45) is -3.29. The molecule has 1 saturated heterocycles. The van der Waals surface area contributed by atoms with Crippen LogP contribution in [0.4, 0.5) is 0 Å². The normalized spacial score (nSPS) is 26.7. The zero-order valence-corrected chi connectivity index (χ0v) is 40.9. The second kappa shape index (κ2) is 27.8. The molecule has 15 atom stereocenters. The minimum Gasteiger partial charge on any atom is -0.394 e. The lowest BCUT2D eigenvalue weighted by Crippen LogP contribution is -2.68. The Balaban J connectivity index is 2.83. The fraction of sp³-hybridized carbons (Fsp3) is 0.636. The van der Waals surface area contributed by atoms with Crippen molar-refractivity contribution in [1.29, 1.82) is 0 Å². The van der Waals surface area contributed by atoms with Crippen LogP contribution in [-0.2, 0) is 54.4 Å². The lowest BCUT2D eigenvalue weighted by Gasteiger charge is -2.33. The van der Waals surface area contributed by atoms with E-state index in [1.165, 1.54) is 34.6 Å². The van der Waals surface area contributed by atoms with Crippen LogP contribution >= 0.6 is 0 Å². The van der Waals surface area contributed by atoms with Crippen molar-refractivity contribution < 1.29 is 63.3 Å². The van der Waals surface area contributed by atoms with Gasteiger partial charge in [-0.05, 0) is 59.4 Å². The molecule has 1 aromatic carbocycles. The second-order valence-electron chi connectivity index (χ2n) is 18.2. The fourth-order valence-corrected chi connectivity index (χ4v) is 7.14. The standard InChI is InChI=1S/C44H73N13O13/c1-18(2)15-27-37(63)53-31(20(4)46)40(66)54-32(21(5)47)41(67)57-35(24(8)60)43(69)48-22(6)33(56-38(64)29(17-58)52-44(70)34(23(7)59)49-25(9)61)42(68)55-30(19(3)45)39(65)51-28(36(62)50-27)16-26-13-11-10-12-14-26/h10-14,18-24,27-35,58-60H,15-17,45-47H2,1-9H3,(H,48,69)(H,49,61)(H,50,62)(H,51,65)(H,52,70)(H,53,63)(H,54,66)(H,55,68)(H,56,64)(H,57,67)/t19?,20?,21?,22?,23-,24-,27+,28-,29-,30+,31+,32+,33+,34+,35+/m1/s1. The van der Waals surface area contributed by atoms with Crippen molar-refractivity contribution in [2.24, 2.45) is 23.1 Å². The maximum atomic E-state index is 14.4. The molecule has 392 valence electrons. The van der Waals surface area contributed by atoms with Gasteiger partial charge in [-0.2, -0.15) is 0 Å². The molecular weight excluding hydrogens is 919 g/mol. The van der Waals surface area contributed by atoms with E-state index in [2.05, 4.69) is 53.2 Å². The number of amides is 10. The smallest absolute Gasteiger partial charge is 0.245 e. The van der Waals surface area contributed by atoms with Crippen molar-refractivity contribution >= 4 is 59.1 Å². The Morgan fingerprint density at radius 1 is 0.600 bits per heavy atom. The van der Waals surface area contributed by atoms with Gasteiger partial charge in [-0.1, -0.05) is 44.2 Å². The third kappa shape index (κ3) is 18.2. The van der Waals surface area contributed by atoms with Crippen molar-refractivity contribution in [2.45, 2.75) is 166 Å². The van der Waals surface area contributed by atoms with Gasteiger partial charge in [-0.3, -0.25) is 47.9 Å². The largest absolute Gasteiger partial charge is 0.394 e. The van der Waals surface area contributed by atoms with Crippen molar-refractivity contribution in [3.8, 4) is 0 Å². The molecule has 0 aliphatic carbocycles. The van der Waals surface area contributed by atoms with Gasteiger partial charge in [-0.15, -0.1) is 0 Å². The van der Waals surface area contributed by atoms with Gasteiger partial charge in [0, 0.05) is 31.5 Å². The topological polar surface area (TPSA) is 430 Å². The van der Waals surface area contributed by atoms with Crippen molar-refractivity contribution in [1.82, 2.24) is 53.2 Å². The van der Waals surface area contributed by atoms with Gasteiger partial charge in [0.25, 0.3) is 0 Å². The van der Waals surface area contributed by atoms with Crippen molar-refractivity contribution in [3.05, 3.63) is 35.9 Å². The van der Waals surface area contributed by atoms with Crippen LogP contribution in [0.5, 0.6) is 0 Å². The number of nitrogens with one attached hydrogen (secondary N) is 10. The number of hydrogen-bond acceptors (Lipinski definition) is 16. The van der Waals surface area contributed by atoms with E-state index in [-0.39, 0.29) is 18.8 Å². The highest BCUT2D eigenvalue weighted by Crippen LogP contribution is 2.11. The minimum atomic E-state index is -1.94. The molecule has 0 bridgehead atoms. The van der Waals surface area contributed by atoms with E-state index in [1.807, 2.05) is 0 Å². The predicted molar refractivity (Wildman–Crippen MR) is 252 cm³/mol. The highest BCUT2D eigenvalue weighted by Gasteiger charge is 2.40. The SMILES string of the molecule is CC(=O)N[C@H](C(=O)N[C@H](CO)C(=O)N[C@@H]1C(=O)N[C@@H](C(C)N)C(=O)N[C@H](Cc2ccccc2)C(=O)N[C@@H](CC(C)C)C(=O)N[C@@H](C(C)N)C(=O)N[C@@H](C(C)N)C(=O)N[C@@H]([C@@H](C)O)C(=O)NC1C)[C@@H](C)O. The second-order valence-corrected chi connectivity index (χ2v) is 18.2. The molecule has 26 heteroatoms. The first kappa shape index (κ1) is 59.8. The van der Waals surface area contributed by atoms with Crippen LogP contribution < -0.4 is 70.4 Å². The zero-order valence-electron chi connectivity index (χ0n) is 40.9. The molecule has 10 amide bonds. The molecule has 0 saturated carbocycles. The van der Waals surface area contributed by atoms with E-state index in [4.69, 9.17) is 17.2 Å². The molecule has 1 aliphatic heterocycles. The monoisotopic (exact) mass is 992 g/mol.